The molecule has 0 radical (unpaired) electrons. The third kappa shape index (κ3) is 1.17. The maximum atomic E-state index is 9.61. The fraction of sp³-hybridized carbons (Fsp3) is 0.833. The highest BCUT2D eigenvalue weighted by atomic mass is 16.3. The van der Waals surface area contributed by atoms with Gasteiger partial charge < -0.3 is 5.11 Å². The molecule has 13 heavy (non-hydrogen) atoms. The lowest BCUT2D eigenvalue weighted by Crippen LogP contribution is -2.39. The molecule has 1 nitrogen and oxygen atoms in total. The summed E-state index contributed by atoms with van der Waals surface area (Å²) in [4.78, 5) is 0. The van der Waals surface area contributed by atoms with Crippen LogP contribution in [0.3, 0.4) is 0 Å². The normalized spacial score (nSPS) is 49.3. The van der Waals surface area contributed by atoms with Crippen LogP contribution in [0.15, 0.2) is 12.2 Å². The van der Waals surface area contributed by atoms with Gasteiger partial charge in [-0.25, -0.2) is 0 Å². The van der Waals surface area contributed by atoms with E-state index in [2.05, 4.69) is 26.0 Å². The third-order valence-electron chi connectivity index (χ3n) is 4.50. The molecule has 4 atom stereocenters. The minimum atomic E-state index is 0.230. The summed E-state index contributed by atoms with van der Waals surface area (Å²) in [5.74, 6) is 2.11. The van der Waals surface area contributed by atoms with Crippen molar-refractivity contribution in [1.29, 1.82) is 0 Å². The minimum Gasteiger partial charge on any atom is -0.396 e. The van der Waals surface area contributed by atoms with Crippen LogP contribution in [0, 0.1) is 23.2 Å². The first kappa shape index (κ1) is 9.26. The number of fused-ring (bicyclic) bond motifs is 1. The van der Waals surface area contributed by atoms with Gasteiger partial charge in [-0.1, -0.05) is 26.0 Å². The molecule has 2 rings (SSSR count). The Morgan fingerprint density at radius 2 is 2.15 bits per heavy atom. The van der Waals surface area contributed by atoms with E-state index in [0.717, 1.165) is 12.3 Å². The summed E-state index contributed by atoms with van der Waals surface area (Å²) in [5, 5.41) is 9.61. The second-order valence-electron chi connectivity index (χ2n) is 4.97. The van der Waals surface area contributed by atoms with Gasteiger partial charge in [-0.15, -0.1) is 0 Å². The molecular formula is C12H20O. The van der Waals surface area contributed by atoms with Crippen molar-refractivity contribution in [3.8, 4) is 0 Å². The first-order chi connectivity index (χ1) is 6.20. The van der Waals surface area contributed by atoms with Crippen molar-refractivity contribution < 1.29 is 5.11 Å². The summed E-state index contributed by atoms with van der Waals surface area (Å²) in [6.45, 7) is 4.98. The average Bonchev–Trinajstić information content (AvgIpc) is 2.46. The van der Waals surface area contributed by atoms with Gasteiger partial charge in [0.1, 0.15) is 0 Å². The van der Waals surface area contributed by atoms with E-state index < -0.39 is 0 Å². The molecule has 0 heterocycles. The van der Waals surface area contributed by atoms with Gasteiger partial charge in [0.15, 0.2) is 0 Å². The molecule has 0 aromatic carbocycles. The Morgan fingerprint density at radius 1 is 1.38 bits per heavy atom. The fourth-order valence-corrected chi connectivity index (χ4v) is 3.48. The van der Waals surface area contributed by atoms with Crippen LogP contribution in [0.25, 0.3) is 0 Å². The lowest BCUT2D eigenvalue weighted by Gasteiger charge is -2.41. The molecular weight excluding hydrogens is 160 g/mol. The highest BCUT2D eigenvalue weighted by molar-refractivity contribution is 5.10. The molecule has 1 heteroatoms. The van der Waals surface area contributed by atoms with E-state index in [0.29, 0.717) is 18.4 Å². The van der Waals surface area contributed by atoms with E-state index in [1.54, 1.807) is 0 Å². The van der Waals surface area contributed by atoms with E-state index in [9.17, 15) is 5.11 Å². The van der Waals surface area contributed by atoms with Crippen LogP contribution < -0.4 is 0 Å². The van der Waals surface area contributed by atoms with Gasteiger partial charge in [0.25, 0.3) is 0 Å². The lowest BCUT2D eigenvalue weighted by molar-refractivity contribution is 0.0300. The van der Waals surface area contributed by atoms with Gasteiger partial charge in [-0.2, -0.15) is 0 Å². The Kier molecular flexibility index (Phi) is 2.23. The Labute approximate surface area is 80.8 Å². The largest absolute Gasteiger partial charge is 0.396 e. The van der Waals surface area contributed by atoms with Gasteiger partial charge in [0.2, 0.25) is 0 Å². The zero-order valence-corrected chi connectivity index (χ0v) is 8.66. The van der Waals surface area contributed by atoms with Crippen molar-refractivity contribution in [3.05, 3.63) is 12.2 Å². The van der Waals surface area contributed by atoms with Crippen molar-refractivity contribution >= 4 is 0 Å². The Hall–Kier alpha value is -0.300. The van der Waals surface area contributed by atoms with Crippen molar-refractivity contribution in [2.75, 3.05) is 6.61 Å². The van der Waals surface area contributed by atoms with Crippen molar-refractivity contribution in [2.45, 2.75) is 33.1 Å². The van der Waals surface area contributed by atoms with Crippen molar-refractivity contribution in [3.63, 3.8) is 0 Å². The fourth-order valence-electron chi connectivity index (χ4n) is 3.48. The summed E-state index contributed by atoms with van der Waals surface area (Å²) in [7, 11) is 0. The average molecular weight is 180 g/mol. The lowest BCUT2D eigenvalue weighted by atomic mass is 9.64. The summed E-state index contributed by atoms with van der Waals surface area (Å²) >= 11 is 0. The molecule has 74 valence electrons. The first-order valence-corrected chi connectivity index (χ1v) is 5.48. The molecule has 0 amide bonds. The summed E-state index contributed by atoms with van der Waals surface area (Å²) in [6.07, 6.45) is 8.32. The SMILES string of the molecule is CC1C=CCC2(CO)C(C)CCC12. The molecule has 0 aromatic heterocycles. The van der Waals surface area contributed by atoms with Crippen LogP contribution in [0.4, 0.5) is 0 Å². The number of aliphatic hydroxyl groups excluding tert-OH is 1. The Bertz CT molecular complexity index is 221. The molecule has 1 fully saturated rings. The second-order valence-corrected chi connectivity index (χ2v) is 4.97. The molecule has 0 bridgehead atoms. The number of aliphatic hydroxyl groups is 1. The third-order valence-corrected chi connectivity index (χ3v) is 4.50. The Morgan fingerprint density at radius 3 is 2.77 bits per heavy atom. The van der Waals surface area contributed by atoms with Gasteiger partial charge in [-0.05, 0) is 37.0 Å². The Balaban J connectivity index is 2.31. The summed E-state index contributed by atoms with van der Waals surface area (Å²) in [6, 6.07) is 0. The number of rotatable bonds is 1. The van der Waals surface area contributed by atoms with Crippen LogP contribution >= 0.6 is 0 Å². The molecule has 2 aliphatic carbocycles. The topological polar surface area (TPSA) is 20.2 Å². The van der Waals surface area contributed by atoms with Crippen LogP contribution in [0.1, 0.15) is 33.1 Å². The standard InChI is InChI=1S/C12H20O/c1-9-4-3-7-12(8-13)10(2)5-6-11(9)12/h3-4,9-11,13H,5-8H2,1-2H3. The van der Waals surface area contributed by atoms with Gasteiger partial charge >= 0.3 is 0 Å². The van der Waals surface area contributed by atoms with Gasteiger partial charge in [-0.3, -0.25) is 0 Å². The highest BCUT2D eigenvalue weighted by Gasteiger charge is 2.49. The molecule has 4 unspecified atom stereocenters. The van der Waals surface area contributed by atoms with E-state index in [1.165, 1.54) is 12.8 Å². The molecule has 2 aliphatic rings. The molecule has 1 saturated carbocycles. The van der Waals surface area contributed by atoms with Crippen LogP contribution in [0.2, 0.25) is 0 Å². The van der Waals surface area contributed by atoms with Crippen molar-refractivity contribution in [1.82, 2.24) is 0 Å². The number of allylic oxidation sites excluding steroid dienone is 2. The van der Waals surface area contributed by atoms with E-state index in [1.807, 2.05) is 0 Å². The first-order valence-electron chi connectivity index (χ1n) is 5.48. The quantitative estimate of drug-likeness (QED) is 0.615. The highest BCUT2D eigenvalue weighted by Crippen LogP contribution is 2.55. The predicted molar refractivity (Wildman–Crippen MR) is 54.3 cm³/mol. The van der Waals surface area contributed by atoms with Crippen LogP contribution in [-0.4, -0.2) is 11.7 Å². The van der Waals surface area contributed by atoms with Crippen LogP contribution in [-0.2, 0) is 0 Å². The zero-order chi connectivity index (χ0) is 9.47. The minimum absolute atomic E-state index is 0.230. The maximum Gasteiger partial charge on any atom is 0.0495 e. The van der Waals surface area contributed by atoms with E-state index in [-0.39, 0.29) is 5.41 Å². The zero-order valence-electron chi connectivity index (χ0n) is 8.66. The molecule has 0 aliphatic heterocycles. The van der Waals surface area contributed by atoms with Gasteiger partial charge in [0, 0.05) is 12.0 Å². The summed E-state index contributed by atoms with van der Waals surface area (Å²) < 4.78 is 0. The van der Waals surface area contributed by atoms with Crippen molar-refractivity contribution in [2.24, 2.45) is 23.2 Å². The molecule has 1 N–H and O–H groups in total. The summed E-state index contributed by atoms with van der Waals surface area (Å²) in [5.41, 5.74) is 0.230. The smallest absolute Gasteiger partial charge is 0.0495 e. The monoisotopic (exact) mass is 180 g/mol. The maximum absolute atomic E-state index is 9.61. The van der Waals surface area contributed by atoms with Crippen LogP contribution in [0.5, 0.6) is 0 Å². The molecule has 0 saturated heterocycles. The van der Waals surface area contributed by atoms with E-state index >= 15 is 0 Å². The number of hydrogen-bond acceptors (Lipinski definition) is 1. The number of hydrogen-bond donors (Lipinski definition) is 1. The van der Waals surface area contributed by atoms with Gasteiger partial charge in [0.05, 0.1) is 0 Å². The molecule has 0 spiro atoms. The second kappa shape index (κ2) is 3.13. The molecule has 0 aromatic rings. The predicted octanol–water partition coefficient (Wildman–Crippen LogP) is 2.61. The van der Waals surface area contributed by atoms with E-state index in [4.69, 9.17) is 0 Å².